The van der Waals surface area contributed by atoms with Crippen LogP contribution in [0.2, 0.25) is 0 Å². The summed E-state index contributed by atoms with van der Waals surface area (Å²) in [5.41, 5.74) is 2.76. The molecule has 0 fully saturated rings. The SMILES string of the molecule is CCC(c1ccccc1)C(NC)c1ccccc1. The molecule has 2 aromatic carbocycles. The molecule has 0 saturated carbocycles. The van der Waals surface area contributed by atoms with Crippen LogP contribution in [0.3, 0.4) is 0 Å². The minimum Gasteiger partial charge on any atom is -0.312 e. The zero-order valence-corrected chi connectivity index (χ0v) is 11.1. The molecule has 2 rings (SSSR count). The molecule has 0 aliphatic rings. The normalized spacial score (nSPS) is 14.1. The van der Waals surface area contributed by atoms with E-state index in [0.717, 1.165) is 6.42 Å². The topological polar surface area (TPSA) is 12.0 Å². The molecule has 2 atom stereocenters. The summed E-state index contributed by atoms with van der Waals surface area (Å²) in [4.78, 5) is 0. The van der Waals surface area contributed by atoms with Gasteiger partial charge in [0.15, 0.2) is 0 Å². The zero-order valence-electron chi connectivity index (χ0n) is 11.1. The molecule has 2 aromatic rings. The fraction of sp³-hybridized carbons (Fsp3) is 0.294. The van der Waals surface area contributed by atoms with E-state index in [9.17, 15) is 0 Å². The minimum atomic E-state index is 0.374. The molecule has 0 heterocycles. The Morgan fingerprint density at radius 3 is 1.78 bits per heavy atom. The third-order valence-corrected chi connectivity index (χ3v) is 3.54. The van der Waals surface area contributed by atoms with Crippen molar-refractivity contribution in [3.8, 4) is 0 Å². The summed E-state index contributed by atoms with van der Waals surface area (Å²) in [6.45, 7) is 2.25. The Labute approximate surface area is 110 Å². The lowest BCUT2D eigenvalue weighted by Crippen LogP contribution is -2.23. The molecule has 0 spiro atoms. The molecular weight excluding hydrogens is 218 g/mol. The Morgan fingerprint density at radius 1 is 0.833 bits per heavy atom. The van der Waals surface area contributed by atoms with E-state index in [4.69, 9.17) is 0 Å². The second-order valence-corrected chi connectivity index (χ2v) is 4.60. The highest BCUT2D eigenvalue weighted by Crippen LogP contribution is 2.33. The highest BCUT2D eigenvalue weighted by molar-refractivity contribution is 5.27. The Morgan fingerprint density at radius 2 is 1.33 bits per heavy atom. The van der Waals surface area contributed by atoms with E-state index in [1.165, 1.54) is 11.1 Å². The number of likely N-dealkylation sites (N-methyl/N-ethyl adjacent to an activating group) is 1. The molecule has 1 N–H and O–H groups in total. The highest BCUT2D eigenvalue weighted by atomic mass is 14.9. The van der Waals surface area contributed by atoms with E-state index < -0.39 is 0 Å². The van der Waals surface area contributed by atoms with E-state index in [0.29, 0.717) is 12.0 Å². The first kappa shape index (κ1) is 12.8. The van der Waals surface area contributed by atoms with Gasteiger partial charge in [0.1, 0.15) is 0 Å². The Kier molecular flexibility index (Phi) is 4.54. The number of benzene rings is 2. The largest absolute Gasteiger partial charge is 0.312 e. The van der Waals surface area contributed by atoms with Crippen LogP contribution in [0.25, 0.3) is 0 Å². The quantitative estimate of drug-likeness (QED) is 0.827. The first-order valence-electron chi connectivity index (χ1n) is 6.64. The highest BCUT2D eigenvalue weighted by Gasteiger charge is 2.21. The fourth-order valence-electron chi connectivity index (χ4n) is 2.62. The monoisotopic (exact) mass is 239 g/mol. The van der Waals surface area contributed by atoms with E-state index in [-0.39, 0.29) is 0 Å². The summed E-state index contributed by atoms with van der Waals surface area (Å²) in [5, 5.41) is 3.47. The average Bonchev–Trinajstić information content (AvgIpc) is 2.46. The van der Waals surface area contributed by atoms with Crippen molar-refractivity contribution in [1.82, 2.24) is 5.32 Å². The van der Waals surface area contributed by atoms with Crippen molar-refractivity contribution in [2.45, 2.75) is 25.3 Å². The van der Waals surface area contributed by atoms with E-state index in [2.05, 4.69) is 72.9 Å². The van der Waals surface area contributed by atoms with Crippen LogP contribution in [-0.2, 0) is 0 Å². The second-order valence-electron chi connectivity index (χ2n) is 4.60. The summed E-state index contributed by atoms with van der Waals surface area (Å²) in [5.74, 6) is 0.513. The Hall–Kier alpha value is -1.60. The van der Waals surface area contributed by atoms with Crippen molar-refractivity contribution in [1.29, 1.82) is 0 Å². The van der Waals surface area contributed by atoms with Gasteiger partial charge in [-0.3, -0.25) is 0 Å². The van der Waals surface area contributed by atoms with Crippen LogP contribution in [0.15, 0.2) is 60.7 Å². The van der Waals surface area contributed by atoms with E-state index >= 15 is 0 Å². The maximum absolute atomic E-state index is 3.47. The summed E-state index contributed by atoms with van der Waals surface area (Å²) >= 11 is 0. The van der Waals surface area contributed by atoms with Crippen LogP contribution in [0, 0.1) is 0 Å². The molecule has 0 aromatic heterocycles. The summed E-state index contributed by atoms with van der Waals surface area (Å²) in [7, 11) is 2.04. The summed E-state index contributed by atoms with van der Waals surface area (Å²) < 4.78 is 0. The molecule has 0 radical (unpaired) electrons. The van der Waals surface area contributed by atoms with Gasteiger partial charge >= 0.3 is 0 Å². The number of nitrogens with one attached hydrogen (secondary N) is 1. The molecule has 1 nitrogen and oxygen atoms in total. The van der Waals surface area contributed by atoms with Crippen molar-refractivity contribution in [2.24, 2.45) is 0 Å². The molecule has 2 unspecified atom stereocenters. The van der Waals surface area contributed by atoms with Gasteiger partial charge in [-0.2, -0.15) is 0 Å². The lowest BCUT2D eigenvalue weighted by Gasteiger charge is -2.27. The van der Waals surface area contributed by atoms with Crippen LogP contribution in [0.4, 0.5) is 0 Å². The lowest BCUT2D eigenvalue weighted by molar-refractivity contribution is 0.468. The molecule has 0 aliphatic heterocycles. The van der Waals surface area contributed by atoms with Crippen molar-refractivity contribution < 1.29 is 0 Å². The van der Waals surface area contributed by atoms with Crippen molar-refractivity contribution >= 4 is 0 Å². The van der Waals surface area contributed by atoms with Crippen LogP contribution < -0.4 is 5.32 Å². The second kappa shape index (κ2) is 6.36. The van der Waals surface area contributed by atoms with Crippen LogP contribution in [-0.4, -0.2) is 7.05 Å². The summed E-state index contributed by atoms with van der Waals surface area (Å²) in [6.07, 6.45) is 1.13. The maximum atomic E-state index is 3.47. The minimum absolute atomic E-state index is 0.374. The fourth-order valence-corrected chi connectivity index (χ4v) is 2.62. The van der Waals surface area contributed by atoms with Crippen molar-refractivity contribution in [3.63, 3.8) is 0 Å². The molecule has 0 amide bonds. The predicted octanol–water partition coefficient (Wildman–Crippen LogP) is 4.14. The molecule has 1 heteroatoms. The number of hydrogen-bond donors (Lipinski definition) is 1. The Balaban J connectivity index is 2.31. The molecule has 94 valence electrons. The zero-order chi connectivity index (χ0) is 12.8. The smallest absolute Gasteiger partial charge is 0.0387 e. The van der Waals surface area contributed by atoms with Crippen LogP contribution in [0.5, 0.6) is 0 Å². The van der Waals surface area contributed by atoms with Crippen molar-refractivity contribution in [2.75, 3.05) is 7.05 Å². The Bertz CT molecular complexity index is 404. The van der Waals surface area contributed by atoms with Gasteiger partial charge in [0, 0.05) is 12.0 Å². The molecule has 0 saturated heterocycles. The third-order valence-electron chi connectivity index (χ3n) is 3.54. The molecule has 0 aliphatic carbocycles. The number of rotatable bonds is 5. The van der Waals surface area contributed by atoms with E-state index in [1.54, 1.807) is 0 Å². The van der Waals surface area contributed by atoms with Gasteiger partial charge in [-0.15, -0.1) is 0 Å². The number of hydrogen-bond acceptors (Lipinski definition) is 1. The first-order valence-corrected chi connectivity index (χ1v) is 6.64. The summed E-state index contributed by atoms with van der Waals surface area (Å²) in [6, 6.07) is 21.8. The van der Waals surface area contributed by atoms with Gasteiger partial charge in [-0.25, -0.2) is 0 Å². The predicted molar refractivity (Wildman–Crippen MR) is 77.7 cm³/mol. The molecule has 18 heavy (non-hydrogen) atoms. The van der Waals surface area contributed by atoms with Gasteiger partial charge in [0.25, 0.3) is 0 Å². The van der Waals surface area contributed by atoms with Gasteiger partial charge in [-0.05, 0) is 24.6 Å². The van der Waals surface area contributed by atoms with Gasteiger partial charge in [0.05, 0.1) is 0 Å². The third kappa shape index (κ3) is 2.80. The van der Waals surface area contributed by atoms with Gasteiger partial charge in [0.2, 0.25) is 0 Å². The first-order chi connectivity index (χ1) is 8.86. The standard InChI is InChI=1S/C17H21N/c1-3-16(14-10-6-4-7-11-14)17(18-2)15-12-8-5-9-13-15/h4-13,16-18H,3H2,1-2H3. The van der Waals surface area contributed by atoms with Crippen LogP contribution >= 0.6 is 0 Å². The van der Waals surface area contributed by atoms with Gasteiger partial charge < -0.3 is 5.32 Å². The van der Waals surface area contributed by atoms with Crippen molar-refractivity contribution in [3.05, 3.63) is 71.8 Å². The van der Waals surface area contributed by atoms with Crippen LogP contribution in [0.1, 0.15) is 36.4 Å². The maximum Gasteiger partial charge on any atom is 0.0387 e. The van der Waals surface area contributed by atoms with E-state index in [1.807, 2.05) is 7.05 Å². The average molecular weight is 239 g/mol. The lowest BCUT2D eigenvalue weighted by atomic mass is 9.85. The molecule has 0 bridgehead atoms. The molecular formula is C17H21N. The van der Waals surface area contributed by atoms with Gasteiger partial charge in [-0.1, -0.05) is 67.6 Å².